The molecule has 22 heavy (non-hydrogen) atoms. The molecule has 117 valence electrons. The van der Waals surface area contributed by atoms with Crippen LogP contribution in [-0.4, -0.2) is 53.2 Å². The summed E-state index contributed by atoms with van der Waals surface area (Å²) in [5, 5.41) is 30.7. The number of aliphatic hydroxyl groups excluding tert-OH is 2. The summed E-state index contributed by atoms with van der Waals surface area (Å²) in [5.41, 5.74) is 5.01. The molecule has 0 aromatic carbocycles. The maximum absolute atomic E-state index is 10.8. The van der Waals surface area contributed by atoms with Crippen molar-refractivity contribution in [2.45, 2.75) is 37.5 Å². The molecule has 1 fully saturated rings. The molecule has 2 aromatic heterocycles. The summed E-state index contributed by atoms with van der Waals surface area (Å²) in [5.74, 6) is -0.351. The van der Waals surface area contributed by atoms with Gasteiger partial charge in [-0.15, -0.1) is 0 Å². The quantitative estimate of drug-likeness (QED) is 0.515. The number of hydrogen-bond acceptors (Lipinski definition) is 7. The van der Waals surface area contributed by atoms with Crippen molar-refractivity contribution >= 4 is 17.1 Å². The Kier molecular flexibility index (Phi) is 5.18. The van der Waals surface area contributed by atoms with Gasteiger partial charge in [-0.25, -0.2) is 0 Å². The van der Waals surface area contributed by atoms with E-state index in [0.717, 1.165) is 0 Å². The zero-order chi connectivity index (χ0) is 15.2. The van der Waals surface area contributed by atoms with Crippen molar-refractivity contribution < 1.29 is 48.0 Å². The molecule has 8 nitrogen and oxygen atoms in total. The van der Waals surface area contributed by atoms with Crippen molar-refractivity contribution in [3.8, 4) is 0 Å². The van der Waals surface area contributed by atoms with Crippen molar-refractivity contribution in [2.75, 3.05) is 12.3 Å². The SMILES string of the molecule is CC[C@@H]1[C@@H](O)C[C@H](n2cnc3[c-]nc(N)nc32)[C@]1(O)CO.[Y]. The molecular weight excluding hydrogens is 363 g/mol. The van der Waals surface area contributed by atoms with E-state index in [2.05, 4.69) is 21.1 Å². The molecule has 1 saturated carbocycles. The van der Waals surface area contributed by atoms with Gasteiger partial charge in [-0.2, -0.15) is 0 Å². The van der Waals surface area contributed by atoms with Gasteiger partial charge in [0.25, 0.3) is 0 Å². The number of imidazole rings is 1. The van der Waals surface area contributed by atoms with Crippen LogP contribution in [0.2, 0.25) is 0 Å². The minimum Gasteiger partial charge on any atom is -0.420 e. The first-order valence-electron chi connectivity index (χ1n) is 6.90. The second kappa shape index (κ2) is 6.45. The molecule has 1 aliphatic rings. The minimum absolute atomic E-state index is 0. The topological polar surface area (TPSA) is 130 Å². The van der Waals surface area contributed by atoms with Crippen molar-refractivity contribution in [3.63, 3.8) is 0 Å². The second-order valence-electron chi connectivity index (χ2n) is 5.50. The molecule has 0 spiro atoms. The Morgan fingerprint density at radius 2 is 2.27 bits per heavy atom. The Balaban J connectivity index is 0.00000176. The van der Waals surface area contributed by atoms with Gasteiger partial charge in [-0.1, -0.05) is 6.92 Å². The molecule has 0 aliphatic heterocycles. The van der Waals surface area contributed by atoms with Crippen LogP contribution >= 0.6 is 0 Å². The molecule has 1 aliphatic carbocycles. The molecule has 9 heteroatoms. The van der Waals surface area contributed by atoms with Crippen molar-refractivity contribution in [3.05, 3.63) is 12.5 Å². The first-order chi connectivity index (χ1) is 10.0. The van der Waals surface area contributed by atoms with Gasteiger partial charge < -0.3 is 35.6 Å². The van der Waals surface area contributed by atoms with E-state index in [1.165, 1.54) is 6.33 Å². The molecular formula is C13H18N5O3Y-. The van der Waals surface area contributed by atoms with Crippen molar-refractivity contribution in [1.29, 1.82) is 0 Å². The monoisotopic (exact) mass is 381 g/mol. The fraction of sp³-hybridized carbons (Fsp3) is 0.615. The van der Waals surface area contributed by atoms with Crippen LogP contribution in [0.1, 0.15) is 25.8 Å². The molecule has 0 bridgehead atoms. The largest absolute Gasteiger partial charge is 0.420 e. The molecule has 4 atom stereocenters. The second-order valence-corrected chi connectivity index (χ2v) is 5.50. The molecule has 2 aromatic rings. The summed E-state index contributed by atoms with van der Waals surface area (Å²) in [7, 11) is 0. The molecule has 0 unspecified atom stereocenters. The van der Waals surface area contributed by atoms with E-state index >= 15 is 0 Å². The number of fused-ring (bicyclic) bond motifs is 1. The zero-order valence-corrected chi connectivity index (χ0v) is 15.1. The smallest absolute Gasteiger partial charge is 0.113 e. The average Bonchev–Trinajstić information content (AvgIpc) is 2.97. The number of nitrogen functional groups attached to an aromatic ring is 1. The number of rotatable bonds is 3. The van der Waals surface area contributed by atoms with Crippen LogP contribution in [0.5, 0.6) is 0 Å². The summed E-state index contributed by atoms with van der Waals surface area (Å²) in [6, 6.07) is -0.532. The Bertz CT molecular complexity index is 666. The van der Waals surface area contributed by atoms with Crippen LogP contribution in [0, 0.1) is 12.1 Å². The van der Waals surface area contributed by atoms with Crippen LogP contribution in [0.15, 0.2) is 6.33 Å². The van der Waals surface area contributed by atoms with Gasteiger partial charge in [0.2, 0.25) is 0 Å². The molecule has 2 heterocycles. The number of aliphatic hydroxyl groups is 3. The molecule has 1 radical (unpaired) electrons. The third-order valence-electron chi connectivity index (χ3n) is 4.44. The molecule has 5 N–H and O–H groups in total. The van der Waals surface area contributed by atoms with E-state index in [9.17, 15) is 15.3 Å². The van der Waals surface area contributed by atoms with E-state index in [1.54, 1.807) is 4.57 Å². The summed E-state index contributed by atoms with van der Waals surface area (Å²) in [6.45, 7) is 1.42. The van der Waals surface area contributed by atoms with Gasteiger partial charge in [0, 0.05) is 49.8 Å². The summed E-state index contributed by atoms with van der Waals surface area (Å²) in [6.07, 6.45) is 4.35. The van der Waals surface area contributed by atoms with Gasteiger partial charge >= 0.3 is 0 Å². The first-order valence-corrected chi connectivity index (χ1v) is 6.90. The normalized spacial score (nSPS) is 31.4. The van der Waals surface area contributed by atoms with E-state index < -0.39 is 30.3 Å². The predicted octanol–water partition coefficient (Wildman–Crippen LogP) is -0.739. The van der Waals surface area contributed by atoms with E-state index in [1.807, 2.05) is 6.92 Å². The minimum atomic E-state index is -1.43. The Hall–Kier alpha value is -0.666. The van der Waals surface area contributed by atoms with Crippen LogP contribution in [0.3, 0.4) is 0 Å². The van der Waals surface area contributed by atoms with Gasteiger partial charge in [0.1, 0.15) is 11.5 Å². The van der Waals surface area contributed by atoms with Crippen molar-refractivity contribution in [1.82, 2.24) is 19.5 Å². The number of hydrogen-bond donors (Lipinski definition) is 4. The van der Waals surface area contributed by atoms with Crippen LogP contribution in [0.25, 0.3) is 11.2 Å². The van der Waals surface area contributed by atoms with Gasteiger partial charge in [-0.3, -0.25) is 4.98 Å². The molecule has 0 saturated heterocycles. The summed E-state index contributed by atoms with van der Waals surface area (Å²) < 4.78 is 1.64. The first kappa shape index (κ1) is 17.7. The number of nitrogens with two attached hydrogens (primary N) is 1. The Labute approximate surface area is 152 Å². The van der Waals surface area contributed by atoms with E-state index in [4.69, 9.17) is 5.73 Å². The summed E-state index contributed by atoms with van der Waals surface area (Å²) >= 11 is 0. The van der Waals surface area contributed by atoms with E-state index in [0.29, 0.717) is 24.0 Å². The standard InChI is InChI=1S/C13H18N5O3.Y/c1-2-7-9(20)3-10(13(7,21)5-19)18-6-16-8-4-15-12(14)17-11(8)18;/h6-7,9-10,19-21H,2-3,5H2,1H3,(H2,14,15,17);/q-1;/t7-,9+,10+,13+;/m1./s1. The third kappa shape index (κ3) is 2.57. The van der Waals surface area contributed by atoms with Gasteiger partial charge in [-0.05, 0) is 19.0 Å². The van der Waals surface area contributed by atoms with Crippen LogP contribution in [-0.2, 0) is 32.7 Å². The fourth-order valence-electron chi connectivity index (χ4n) is 3.40. The molecule has 3 rings (SSSR count). The third-order valence-corrected chi connectivity index (χ3v) is 4.44. The Morgan fingerprint density at radius 3 is 2.91 bits per heavy atom. The average molecular weight is 381 g/mol. The van der Waals surface area contributed by atoms with Gasteiger partial charge in [0.05, 0.1) is 25.1 Å². The maximum atomic E-state index is 10.8. The van der Waals surface area contributed by atoms with E-state index in [-0.39, 0.29) is 38.7 Å². The Morgan fingerprint density at radius 1 is 1.55 bits per heavy atom. The molecule has 0 amide bonds. The number of aromatic nitrogens is 4. The van der Waals surface area contributed by atoms with Gasteiger partial charge in [0.15, 0.2) is 0 Å². The summed E-state index contributed by atoms with van der Waals surface area (Å²) in [4.78, 5) is 12.0. The number of anilines is 1. The number of nitrogens with zero attached hydrogens (tertiary/aromatic N) is 4. The predicted molar refractivity (Wildman–Crippen MR) is 74.0 cm³/mol. The fourth-order valence-corrected chi connectivity index (χ4v) is 3.40. The maximum Gasteiger partial charge on any atom is 0.113 e. The zero-order valence-electron chi connectivity index (χ0n) is 12.2. The van der Waals surface area contributed by atoms with Crippen LogP contribution < -0.4 is 5.73 Å². The van der Waals surface area contributed by atoms with Crippen LogP contribution in [0.4, 0.5) is 5.95 Å². The van der Waals surface area contributed by atoms with Crippen molar-refractivity contribution in [2.24, 2.45) is 5.92 Å².